The minimum absolute atomic E-state index is 0. The van der Waals surface area contributed by atoms with Gasteiger partial charge in [-0.2, -0.15) is 0 Å². The normalized spacial score (nSPS) is 17.3. The van der Waals surface area contributed by atoms with Crippen molar-refractivity contribution in [2.24, 2.45) is 5.73 Å². The SMILES string of the molecule is COc1ccc(C)cc1S(=O)(=O)NC1(CN)CCCC1.Cl. The lowest BCUT2D eigenvalue weighted by Gasteiger charge is -2.28. The van der Waals surface area contributed by atoms with Crippen LogP contribution in [0.4, 0.5) is 0 Å². The molecule has 0 spiro atoms. The Balaban J connectivity index is 0.00000220. The molecule has 1 saturated carbocycles. The predicted molar refractivity (Wildman–Crippen MR) is 85.6 cm³/mol. The Bertz CT molecular complexity index is 584. The van der Waals surface area contributed by atoms with Crippen molar-refractivity contribution in [1.82, 2.24) is 4.72 Å². The van der Waals surface area contributed by atoms with Gasteiger partial charge in [-0.15, -0.1) is 12.4 Å². The number of methoxy groups -OCH3 is 1. The third-order valence-electron chi connectivity index (χ3n) is 3.91. The van der Waals surface area contributed by atoms with Crippen LogP contribution in [0.15, 0.2) is 23.1 Å². The topological polar surface area (TPSA) is 81.4 Å². The molecule has 21 heavy (non-hydrogen) atoms. The number of benzene rings is 1. The Hall–Kier alpha value is -0.820. The fourth-order valence-corrected chi connectivity index (χ4v) is 4.46. The van der Waals surface area contributed by atoms with Crippen molar-refractivity contribution < 1.29 is 13.2 Å². The number of nitrogens with one attached hydrogen (secondary N) is 1. The van der Waals surface area contributed by atoms with Gasteiger partial charge in [0.2, 0.25) is 10.0 Å². The van der Waals surface area contributed by atoms with E-state index in [4.69, 9.17) is 10.5 Å². The largest absolute Gasteiger partial charge is 0.495 e. The van der Waals surface area contributed by atoms with Gasteiger partial charge in [-0.25, -0.2) is 13.1 Å². The lowest BCUT2D eigenvalue weighted by molar-refractivity contribution is 0.389. The van der Waals surface area contributed by atoms with Gasteiger partial charge in [0, 0.05) is 12.1 Å². The highest BCUT2D eigenvalue weighted by molar-refractivity contribution is 7.89. The fraction of sp³-hybridized carbons (Fsp3) is 0.571. The van der Waals surface area contributed by atoms with Gasteiger partial charge in [-0.3, -0.25) is 0 Å². The van der Waals surface area contributed by atoms with Gasteiger partial charge in [0.25, 0.3) is 0 Å². The van der Waals surface area contributed by atoms with Crippen molar-refractivity contribution in [2.45, 2.75) is 43.0 Å². The Morgan fingerprint density at radius 2 is 1.95 bits per heavy atom. The summed E-state index contributed by atoms with van der Waals surface area (Å²) >= 11 is 0. The Kier molecular flexibility index (Phi) is 6.04. The number of hydrogen-bond donors (Lipinski definition) is 2. The highest BCUT2D eigenvalue weighted by atomic mass is 35.5. The van der Waals surface area contributed by atoms with Crippen LogP contribution in [0.2, 0.25) is 0 Å². The summed E-state index contributed by atoms with van der Waals surface area (Å²) in [5.41, 5.74) is 6.16. The number of aryl methyl sites for hydroxylation is 1. The quantitative estimate of drug-likeness (QED) is 0.862. The number of nitrogens with two attached hydrogens (primary N) is 1. The van der Waals surface area contributed by atoms with E-state index in [0.717, 1.165) is 31.2 Å². The summed E-state index contributed by atoms with van der Waals surface area (Å²) in [5.74, 6) is 0.355. The molecular formula is C14H23ClN2O3S. The first-order valence-corrected chi connectivity index (χ1v) is 8.29. The number of ether oxygens (including phenoxy) is 1. The minimum atomic E-state index is -3.63. The molecule has 0 aliphatic heterocycles. The molecule has 1 aromatic rings. The number of sulfonamides is 1. The average Bonchev–Trinajstić information content (AvgIpc) is 2.87. The van der Waals surface area contributed by atoms with Crippen molar-refractivity contribution in [2.75, 3.05) is 13.7 Å². The van der Waals surface area contributed by atoms with E-state index in [-0.39, 0.29) is 17.3 Å². The Morgan fingerprint density at radius 1 is 1.33 bits per heavy atom. The molecule has 1 aliphatic rings. The minimum Gasteiger partial charge on any atom is -0.495 e. The van der Waals surface area contributed by atoms with Crippen LogP contribution in [0.25, 0.3) is 0 Å². The maximum absolute atomic E-state index is 12.6. The van der Waals surface area contributed by atoms with Crippen molar-refractivity contribution in [1.29, 1.82) is 0 Å². The second-order valence-corrected chi connectivity index (χ2v) is 7.10. The molecular weight excluding hydrogens is 312 g/mol. The summed E-state index contributed by atoms with van der Waals surface area (Å²) in [6.07, 6.45) is 3.59. The molecule has 7 heteroatoms. The number of hydrogen-bond acceptors (Lipinski definition) is 4. The molecule has 5 nitrogen and oxygen atoms in total. The van der Waals surface area contributed by atoms with Gasteiger partial charge in [0.1, 0.15) is 10.6 Å². The van der Waals surface area contributed by atoms with Gasteiger partial charge in [-0.1, -0.05) is 18.9 Å². The van der Waals surface area contributed by atoms with E-state index >= 15 is 0 Å². The van der Waals surface area contributed by atoms with Gasteiger partial charge in [0.05, 0.1) is 7.11 Å². The lowest BCUT2D eigenvalue weighted by Crippen LogP contribution is -2.51. The van der Waals surface area contributed by atoms with Crippen molar-refractivity contribution in [3.8, 4) is 5.75 Å². The lowest BCUT2D eigenvalue weighted by atomic mass is 10.0. The zero-order chi connectivity index (χ0) is 14.8. The first-order valence-electron chi connectivity index (χ1n) is 6.81. The van der Waals surface area contributed by atoms with Crippen LogP contribution in [0, 0.1) is 6.92 Å². The van der Waals surface area contributed by atoms with Crippen LogP contribution < -0.4 is 15.2 Å². The fourth-order valence-electron chi connectivity index (χ4n) is 2.73. The molecule has 0 aromatic heterocycles. The Morgan fingerprint density at radius 3 is 2.48 bits per heavy atom. The van der Waals surface area contributed by atoms with E-state index in [9.17, 15) is 8.42 Å². The van der Waals surface area contributed by atoms with E-state index in [0.29, 0.717) is 12.3 Å². The van der Waals surface area contributed by atoms with Crippen LogP contribution in [0.5, 0.6) is 5.75 Å². The zero-order valence-corrected chi connectivity index (χ0v) is 14.0. The van der Waals surface area contributed by atoms with Crippen molar-refractivity contribution >= 4 is 22.4 Å². The van der Waals surface area contributed by atoms with Gasteiger partial charge < -0.3 is 10.5 Å². The van der Waals surface area contributed by atoms with Gasteiger partial charge >= 0.3 is 0 Å². The molecule has 0 atom stereocenters. The van der Waals surface area contributed by atoms with E-state index < -0.39 is 15.6 Å². The van der Waals surface area contributed by atoms with E-state index in [2.05, 4.69) is 4.72 Å². The predicted octanol–water partition coefficient (Wildman–Crippen LogP) is 1.98. The van der Waals surface area contributed by atoms with Gasteiger partial charge in [0.15, 0.2) is 0 Å². The van der Waals surface area contributed by atoms with Crippen LogP contribution in [-0.4, -0.2) is 27.6 Å². The number of halogens is 1. The standard InChI is InChI=1S/C14H22N2O3S.ClH/c1-11-5-6-12(19-2)13(9-11)20(17,18)16-14(10-15)7-3-4-8-14;/h5-6,9,16H,3-4,7-8,10,15H2,1-2H3;1H. The third-order valence-corrected chi connectivity index (χ3v) is 5.51. The maximum Gasteiger partial charge on any atom is 0.244 e. The molecule has 1 aliphatic carbocycles. The summed E-state index contributed by atoms with van der Waals surface area (Å²) in [7, 11) is -2.16. The van der Waals surface area contributed by atoms with Crippen LogP contribution in [-0.2, 0) is 10.0 Å². The molecule has 1 aromatic carbocycles. The average molecular weight is 335 g/mol. The van der Waals surface area contributed by atoms with Crippen LogP contribution in [0.1, 0.15) is 31.2 Å². The molecule has 3 N–H and O–H groups in total. The highest BCUT2D eigenvalue weighted by Crippen LogP contribution is 2.32. The molecule has 0 bridgehead atoms. The monoisotopic (exact) mass is 334 g/mol. The second-order valence-electron chi connectivity index (χ2n) is 5.45. The molecule has 0 unspecified atom stereocenters. The molecule has 0 radical (unpaired) electrons. The maximum atomic E-state index is 12.6. The zero-order valence-electron chi connectivity index (χ0n) is 12.4. The summed E-state index contributed by atoms with van der Waals surface area (Å²) in [6.45, 7) is 2.17. The molecule has 0 saturated heterocycles. The summed E-state index contributed by atoms with van der Waals surface area (Å²) < 4.78 is 33.2. The Labute approximate surface area is 132 Å². The molecule has 1 fully saturated rings. The first-order chi connectivity index (χ1) is 9.42. The molecule has 0 amide bonds. The molecule has 120 valence electrons. The number of rotatable bonds is 5. The van der Waals surface area contributed by atoms with Crippen LogP contribution >= 0.6 is 12.4 Å². The highest BCUT2D eigenvalue weighted by Gasteiger charge is 2.37. The first kappa shape index (κ1) is 18.2. The molecule has 2 rings (SSSR count). The summed E-state index contributed by atoms with van der Waals surface area (Å²) in [4.78, 5) is 0.180. The smallest absolute Gasteiger partial charge is 0.244 e. The van der Waals surface area contributed by atoms with Crippen LogP contribution in [0.3, 0.4) is 0 Å². The van der Waals surface area contributed by atoms with E-state index in [1.165, 1.54) is 7.11 Å². The summed E-state index contributed by atoms with van der Waals surface area (Å²) in [6, 6.07) is 5.13. The van der Waals surface area contributed by atoms with E-state index in [1.54, 1.807) is 12.1 Å². The summed E-state index contributed by atoms with van der Waals surface area (Å²) in [5, 5.41) is 0. The van der Waals surface area contributed by atoms with Gasteiger partial charge in [-0.05, 0) is 37.5 Å². The molecule has 0 heterocycles. The van der Waals surface area contributed by atoms with E-state index in [1.807, 2.05) is 13.0 Å². The third kappa shape index (κ3) is 3.88. The van der Waals surface area contributed by atoms with Crippen molar-refractivity contribution in [3.63, 3.8) is 0 Å². The van der Waals surface area contributed by atoms with Crippen molar-refractivity contribution in [3.05, 3.63) is 23.8 Å². The second kappa shape index (κ2) is 6.96.